The highest BCUT2D eigenvalue weighted by atomic mass is 35.5. The first-order valence-corrected chi connectivity index (χ1v) is 7.52. The molecule has 1 amide bonds. The van der Waals surface area contributed by atoms with Crippen LogP contribution < -0.4 is 11.1 Å². The smallest absolute Gasteiger partial charge is 0.251 e. The molecule has 98 valence electrons. The predicted molar refractivity (Wildman–Crippen MR) is 76.1 cm³/mol. The van der Waals surface area contributed by atoms with Crippen LogP contribution in [0.1, 0.15) is 29.6 Å². The van der Waals surface area contributed by atoms with Gasteiger partial charge in [-0.25, -0.2) is 4.98 Å². The van der Waals surface area contributed by atoms with Crippen LogP contribution in [0.5, 0.6) is 0 Å². The Balaban J connectivity index is 1.99. The lowest BCUT2D eigenvalue weighted by atomic mass is 10.2. The number of amides is 1. The molecule has 1 aliphatic rings. The summed E-state index contributed by atoms with van der Waals surface area (Å²) < 4.78 is 0. The standard InChI is InChI=1S/C12H16ClN3OS/c1-18-9-3-2-8(6-9)15-12(17)7-4-10(13)16-11(14)5-7/h4-5,8-9H,2-3,6H2,1H3,(H2,14,16)(H,15,17). The van der Waals surface area contributed by atoms with Gasteiger partial charge in [-0.2, -0.15) is 11.8 Å². The molecular weight excluding hydrogens is 270 g/mol. The number of nitrogen functional groups attached to an aromatic ring is 1. The number of nitrogens with two attached hydrogens (primary N) is 1. The third-order valence-electron chi connectivity index (χ3n) is 3.13. The molecule has 1 aliphatic carbocycles. The molecule has 6 heteroatoms. The quantitative estimate of drug-likeness (QED) is 0.837. The molecule has 18 heavy (non-hydrogen) atoms. The van der Waals surface area contributed by atoms with E-state index in [0.717, 1.165) is 19.3 Å². The fourth-order valence-corrected chi connectivity index (χ4v) is 3.21. The minimum absolute atomic E-state index is 0.127. The van der Waals surface area contributed by atoms with E-state index in [9.17, 15) is 4.79 Å². The molecule has 4 nitrogen and oxygen atoms in total. The minimum Gasteiger partial charge on any atom is -0.384 e. The summed E-state index contributed by atoms with van der Waals surface area (Å²) in [6.45, 7) is 0. The Morgan fingerprint density at radius 2 is 2.33 bits per heavy atom. The molecule has 1 heterocycles. The van der Waals surface area contributed by atoms with Gasteiger partial charge in [0, 0.05) is 16.9 Å². The normalized spacial score (nSPS) is 23.0. The van der Waals surface area contributed by atoms with Gasteiger partial charge in [0.15, 0.2) is 0 Å². The number of nitrogens with one attached hydrogen (secondary N) is 1. The van der Waals surface area contributed by atoms with Crippen molar-refractivity contribution in [2.24, 2.45) is 0 Å². The van der Waals surface area contributed by atoms with Gasteiger partial charge < -0.3 is 11.1 Å². The van der Waals surface area contributed by atoms with Crippen molar-refractivity contribution in [2.45, 2.75) is 30.6 Å². The van der Waals surface area contributed by atoms with Gasteiger partial charge in [0.05, 0.1) is 0 Å². The maximum Gasteiger partial charge on any atom is 0.251 e. The monoisotopic (exact) mass is 285 g/mol. The number of aromatic nitrogens is 1. The van der Waals surface area contributed by atoms with Crippen LogP contribution in [0.15, 0.2) is 12.1 Å². The Hall–Kier alpha value is -0.940. The van der Waals surface area contributed by atoms with Gasteiger partial charge in [0.1, 0.15) is 11.0 Å². The first kappa shape index (κ1) is 13.5. The van der Waals surface area contributed by atoms with Crippen molar-refractivity contribution in [3.05, 3.63) is 22.8 Å². The van der Waals surface area contributed by atoms with Crippen LogP contribution in [0.4, 0.5) is 5.82 Å². The number of pyridine rings is 1. The van der Waals surface area contributed by atoms with Crippen molar-refractivity contribution >= 4 is 35.1 Å². The molecule has 1 saturated carbocycles. The molecule has 0 spiro atoms. The van der Waals surface area contributed by atoms with Crippen LogP contribution in [0.3, 0.4) is 0 Å². The van der Waals surface area contributed by atoms with Crippen molar-refractivity contribution in [3.63, 3.8) is 0 Å². The van der Waals surface area contributed by atoms with E-state index >= 15 is 0 Å². The topological polar surface area (TPSA) is 68.0 Å². The zero-order chi connectivity index (χ0) is 13.1. The first-order chi connectivity index (χ1) is 8.58. The second kappa shape index (κ2) is 5.80. The number of rotatable bonds is 3. The number of carbonyl (C=O) groups is 1. The Morgan fingerprint density at radius 1 is 1.56 bits per heavy atom. The molecule has 2 atom stereocenters. The fraction of sp³-hybridized carbons (Fsp3) is 0.500. The Morgan fingerprint density at radius 3 is 2.94 bits per heavy atom. The van der Waals surface area contributed by atoms with Gasteiger partial charge in [0.25, 0.3) is 5.91 Å². The summed E-state index contributed by atoms with van der Waals surface area (Å²) in [5, 5.41) is 3.92. The summed E-state index contributed by atoms with van der Waals surface area (Å²) in [5.41, 5.74) is 6.04. The van der Waals surface area contributed by atoms with Crippen LogP contribution in [0.2, 0.25) is 5.15 Å². The van der Waals surface area contributed by atoms with E-state index in [2.05, 4.69) is 16.6 Å². The third kappa shape index (κ3) is 3.29. The summed E-state index contributed by atoms with van der Waals surface area (Å²) in [6.07, 6.45) is 5.33. The predicted octanol–water partition coefficient (Wildman–Crippen LogP) is 2.33. The second-order valence-electron chi connectivity index (χ2n) is 4.44. The molecule has 3 N–H and O–H groups in total. The number of carbonyl (C=O) groups excluding carboxylic acids is 1. The van der Waals surface area contributed by atoms with Crippen LogP contribution in [0.25, 0.3) is 0 Å². The molecule has 0 aromatic carbocycles. The number of hydrogen-bond acceptors (Lipinski definition) is 4. The zero-order valence-corrected chi connectivity index (χ0v) is 11.7. The molecule has 1 aromatic heterocycles. The largest absolute Gasteiger partial charge is 0.384 e. The Labute approximate surface area is 116 Å². The average molecular weight is 286 g/mol. The summed E-state index contributed by atoms with van der Waals surface area (Å²) in [7, 11) is 0. The van der Waals surface area contributed by atoms with Crippen molar-refractivity contribution in [1.29, 1.82) is 0 Å². The second-order valence-corrected chi connectivity index (χ2v) is 5.97. The zero-order valence-electron chi connectivity index (χ0n) is 10.1. The summed E-state index contributed by atoms with van der Waals surface area (Å²) in [4.78, 5) is 15.9. The minimum atomic E-state index is -0.127. The molecular formula is C12H16ClN3OS. The number of thioether (sulfide) groups is 1. The van der Waals surface area contributed by atoms with Crippen molar-refractivity contribution in [1.82, 2.24) is 10.3 Å². The number of anilines is 1. The van der Waals surface area contributed by atoms with E-state index in [1.54, 1.807) is 6.07 Å². The Bertz CT molecular complexity index is 435. The molecule has 1 fully saturated rings. The summed E-state index contributed by atoms with van der Waals surface area (Å²) in [6, 6.07) is 3.33. The maximum absolute atomic E-state index is 12.0. The van der Waals surface area contributed by atoms with Gasteiger partial charge >= 0.3 is 0 Å². The van der Waals surface area contributed by atoms with Crippen LogP contribution in [-0.4, -0.2) is 28.4 Å². The lowest BCUT2D eigenvalue weighted by Crippen LogP contribution is -2.33. The lowest BCUT2D eigenvalue weighted by molar-refractivity contribution is 0.0938. The van der Waals surface area contributed by atoms with Gasteiger partial charge in [-0.15, -0.1) is 0 Å². The molecule has 0 aliphatic heterocycles. The number of hydrogen-bond donors (Lipinski definition) is 2. The maximum atomic E-state index is 12.0. The Kier molecular flexibility index (Phi) is 4.35. The van der Waals surface area contributed by atoms with Gasteiger partial charge in [0.2, 0.25) is 0 Å². The van der Waals surface area contributed by atoms with Gasteiger partial charge in [-0.05, 0) is 37.7 Å². The van der Waals surface area contributed by atoms with Crippen molar-refractivity contribution in [2.75, 3.05) is 12.0 Å². The van der Waals surface area contributed by atoms with Gasteiger partial charge in [-0.1, -0.05) is 11.6 Å². The fourth-order valence-electron chi connectivity index (χ4n) is 2.20. The average Bonchev–Trinajstić information content (AvgIpc) is 2.75. The third-order valence-corrected chi connectivity index (χ3v) is 4.42. The lowest BCUT2D eigenvalue weighted by Gasteiger charge is -2.13. The van der Waals surface area contributed by atoms with Crippen molar-refractivity contribution in [3.8, 4) is 0 Å². The van der Waals surface area contributed by atoms with E-state index in [0.29, 0.717) is 10.8 Å². The molecule has 0 radical (unpaired) electrons. The van der Waals surface area contributed by atoms with E-state index in [4.69, 9.17) is 17.3 Å². The molecule has 2 rings (SSSR count). The number of nitrogens with zero attached hydrogens (tertiary/aromatic N) is 1. The SMILES string of the molecule is CSC1CCC(NC(=O)c2cc(N)nc(Cl)c2)C1. The van der Waals surface area contributed by atoms with Crippen LogP contribution >= 0.6 is 23.4 Å². The highest BCUT2D eigenvalue weighted by Gasteiger charge is 2.25. The first-order valence-electron chi connectivity index (χ1n) is 5.85. The van der Waals surface area contributed by atoms with E-state index in [-0.39, 0.29) is 22.9 Å². The summed E-state index contributed by atoms with van der Waals surface area (Å²) in [5.74, 6) is 0.138. The molecule has 0 saturated heterocycles. The summed E-state index contributed by atoms with van der Waals surface area (Å²) >= 11 is 7.64. The van der Waals surface area contributed by atoms with E-state index < -0.39 is 0 Å². The number of halogens is 1. The van der Waals surface area contributed by atoms with Gasteiger partial charge in [-0.3, -0.25) is 4.79 Å². The highest BCUT2D eigenvalue weighted by molar-refractivity contribution is 7.99. The molecule has 0 bridgehead atoms. The van der Waals surface area contributed by atoms with Crippen LogP contribution in [-0.2, 0) is 0 Å². The molecule has 1 aromatic rings. The highest BCUT2D eigenvalue weighted by Crippen LogP contribution is 2.28. The van der Waals surface area contributed by atoms with E-state index in [1.807, 2.05) is 11.8 Å². The van der Waals surface area contributed by atoms with E-state index in [1.165, 1.54) is 6.07 Å². The van der Waals surface area contributed by atoms with Crippen LogP contribution in [0, 0.1) is 0 Å². The van der Waals surface area contributed by atoms with Crippen molar-refractivity contribution < 1.29 is 4.79 Å². The molecule has 2 unspecified atom stereocenters.